The second-order valence-electron chi connectivity index (χ2n) is 9.13. The molecule has 0 saturated carbocycles. The van der Waals surface area contributed by atoms with Crippen LogP contribution in [0.1, 0.15) is 36.7 Å². The van der Waals surface area contributed by atoms with Crippen LogP contribution in [0.2, 0.25) is 0 Å². The van der Waals surface area contributed by atoms with Crippen molar-refractivity contribution in [2.75, 3.05) is 19.6 Å². The van der Waals surface area contributed by atoms with Crippen molar-refractivity contribution in [3.63, 3.8) is 0 Å². The molecule has 2 saturated heterocycles. The van der Waals surface area contributed by atoms with E-state index in [4.69, 9.17) is 4.42 Å². The van der Waals surface area contributed by atoms with E-state index in [9.17, 15) is 9.59 Å². The number of hydrogen-bond acceptors (Lipinski definition) is 4. The minimum Gasteiger partial charge on any atom is -0.465 e. The number of furan rings is 1. The highest BCUT2D eigenvalue weighted by atomic mass is 16.3. The Morgan fingerprint density at radius 2 is 1.81 bits per heavy atom. The van der Waals surface area contributed by atoms with Gasteiger partial charge < -0.3 is 9.73 Å². The molecule has 5 rings (SSSR count). The number of likely N-dealkylation sites (tertiary alicyclic amines) is 1. The number of nitrogens with one attached hydrogen (secondary N) is 1. The molecule has 1 unspecified atom stereocenters. The van der Waals surface area contributed by atoms with Crippen LogP contribution in [-0.2, 0) is 17.6 Å². The van der Waals surface area contributed by atoms with E-state index < -0.39 is 5.54 Å². The summed E-state index contributed by atoms with van der Waals surface area (Å²) in [4.78, 5) is 30.2. The molecule has 2 fully saturated rings. The molecule has 1 atom stereocenters. The summed E-state index contributed by atoms with van der Waals surface area (Å²) >= 11 is 0. The number of piperidine rings is 1. The highest BCUT2D eigenvalue weighted by Gasteiger charge is 2.54. The standard InChI is InChI=1S/C25H29N3O3/c1-25(20-10-13-27(14-11-20)12-4-8-22-9-5-15-31-22)23(29)28(24(30)26-25)21-16-18-6-2-3-7-19(18)17-21/h2-9,15,20-21H,10-14,16-17H2,1H3,(H,26,30)/b8-4+. The molecule has 31 heavy (non-hydrogen) atoms. The van der Waals surface area contributed by atoms with Gasteiger partial charge in [0.25, 0.3) is 5.91 Å². The van der Waals surface area contributed by atoms with Crippen LogP contribution in [0.5, 0.6) is 0 Å². The summed E-state index contributed by atoms with van der Waals surface area (Å²) in [7, 11) is 0. The SMILES string of the molecule is CC1(C2CCN(C/C=C/c3ccco3)CC2)NC(=O)N(C2Cc3ccccc3C2)C1=O. The van der Waals surface area contributed by atoms with Gasteiger partial charge in [0.2, 0.25) is 0 Å². The van der Waals surface area contributed by atoms with Gasteiger partial charge in [-0.2, -0.15) is 0 Å². The molecule has 3 aliphatic rings. The zero-order chi connectivity index (χ0) is 21.4. The molecule has 1 N–H and O–H groups in total. The van der Waals surface area contributed by atoms with Crippen LogP contribution < -0.4 is 5.32 Å². The summed E-state index contributed by atoms with van der Waals surface area (Å²) in [6.45, 7) is 4.62. The van der Waals surface area contributed by atoms with Gasteiger partial charge in [-0.05, 0) is 81.0 Å². The van der Waals surface area contributed by atoms with Gasteiger partial charge in [0.15, 0.2) is 0 Å². The highest BCUT2D eigenvalue weighted by molar-refractivity contribution is 6.07. The maximum Gasteiger partial charge on any atom is 0.325 e. The number of amides is 3. The number of urea groups is 1. The third-order valence-electron chi connectivity index (χ3n) is 7.24. The molecule has 6 nitrogen and oxygen atoms in total. The molecular weight excluding hydrogens is 390 g/mol. The van der Waals surface area contributed by atoms with E-state index in [0.29, 0.717) is 0 Å². The molecule has 1 aliphatic carbocycles. The minimum atomic E-state index is -0.804. The average Bonchev–Trinajstić information content (AvgIpc) is 3.48. The molecular formula is C25H29N3O3. The van der Waals surface area contributed by atoms with Crippen LogP contribution in [0, 0.1) is 5.92 Å². The van der Waals surface area contributed by atoms with Gasteiger partial charge >= 0.3 is 6.03 Å². The number of rotatable bonds is 5. The Kier molecular flexibility index (Phi) is 5.18. The van der Waals surface area contributed by atoms with Crippen molar-refractivity contribution in [2.24, 2.45) is 5.92 Å². The van der Waals surface area contributed by atoms with E-state index in [1.165, 1.54) is 16.0 Å². The van der Waals surface area contributed by atoms with Gasteiger partial charge in [-0.15, -0.1) is 0 Å². The van der Waals surface area contributed by atoms with E-state index in [0.717, 1.165) is 51.1 Å². The van der Waals surface area contributed by atoms with Gasteiger partial charge in [-0.1, -0.05) is 30.3 Å². The first-order valence-electron chi connectivity index (χ1n) is 11.2. The third kappa shape index (κ3) is 3.69. The van der Waals surface area contributed by atoms with E-state index in [1.807, 2.05) is 37.3 Å². The smallest absolute Gasteiger partial charge is 0.325 e. The fourth-order valence-corrected chi connectivity index (χ4v) is 5.40. The molecule has 6 heteroatoms. The van der Waals surface area contributed by atoms with Crippen molar-refractivity contribution < 1.29 is 14.0 Å². The molecule has 2 aromatic rings. The summed E-state index contributed by atoms with van der Waals surface area (Å²) in [5.41, 5.74) is 1.69. The molecule has 0 spiro atoms. The van der Waals surface area contributed by atoms with E-state index >= 15 is 0 Å². The lowest BCUT2D eigenvalue weighted by atomic mass is 9.78. The van der Waals surface area contributed by atoms with E-state index in [2.05, 4.69) is 28.4 Å². The zero-order valence-corrected chi connectivity index (χ0v) is 17.9. The quantitative estimate of drug-likeness (QED) is 0.754. The van der Waals surface area contributed by atoms with Crippen molar-refractivity contribution in [1.29, 1.82) is 0 Å². The molecule has 2 aliphatic heterocycles. The molecule has 0 bridgehead atoms. The number of imide groups is 1. The lowest BCUT2D eigenvalue weighted by Gasteiger charge is -2.38. The Labute approximate surface area is 182 Å². The number of hydrogen-bond donors (Lipinski definition) is 1. The summed E-state index contributed by atoms with van der Waals surface area (Å²) in [5.74, 6) is 0.963. The number of fused-ring (bicyclic) bond motifs is 1. The molecule has 1 aromatic carbocycles. The number of carbonyl (C=O) groups excluding carboxylic acids is 2. The predicted molar refractivity (Wildman–Crippen MR) is 118 cm³/mol. The van der Waals surface area contributed by atoms with Crippen LogP contribution in [0.4, 0.5) is 4.79 Å². The van der Waals surface area contributed by atoms with Crippen LogP contribution in [0.15, 0.2) is 53.2 Å². The van der Waals surface area contributed by atoms with Gasteiger partial charge in [0, 0.05) is 12.6 Å². The van der Waals surface area contributed by atoms with Crippen molar-refractivity contribution >= 4 is 18.0 Å². The van der Waals surface area contributed by atoms with Crippen LogP contribution >= 0.6 is 0 Å². The number of nitrogens with zero attached hydrogens (tertiary/aromatic N) is 2. The van der Waals surface area contributed by atoms with Gasteiger partial charge in [0.1, 0.15) is 11.3 Å². The normalized spacial score (nSPS) is 25.5. The summed E-state index contributed by atoms with van der Waals surface area (Å²) in [5, 5.41) is 3.07. The fourth-order valence-electron chi connectivity index (χ4n) is 5.40. The highest BCUT2D eigenvalue weighted by Crippen LogP contribution is 2.36. The van der Waals surface area contributed by atoms with Crippen molar-refractivity contribution in [1.82, 2.24) is 15.1 Å². The van der Waals surface area contributed by atoms with Gasteiger partial charge in [0.05, 0.1) is 6.26 Å². The first-order chi connectivity index (χ1) is 15.0. The second kappa shape index (κ2) is 8.00. The molecule has 3 heterocycles. The third-order valence-corrected chi connectivity index (χ3v) is 7.24. The summed E-state index contributed by atoms with van der Waals surface area (Å²) < 4.78 is 5.33. The minimum absolute atomic E-state index is 0.0496. The Morgan fingerprint density at radius 3 is 2.45 bits per heavy atom. The first kappa shape index (κ1) is 20.1. The monoisotopic (exact) mass is 419 g/mol. The topological polar surface area (TPSA) is 65.8 Å². The molecule has 1 aromatic heterocycles. The largest absolute Gasteiger partial charge is 0.465 e. The fraction of sp³-hybridized carbons (Fsp3) is 0.440. The maximum atomic E-state index is 13.5. The lowest BCUT2D eigenvalue weighted by molar-refractivity contribution is -0.134. The Bertz CT molecular complexity index is 966. The Morgan fingerprint density at radius 1 is 1.10 bits per heavy atom. The van der Waals surface area contributed by atoms with Gasteiger partial charge in [-0.3, -0.25) is 14.6 Å². The second-order valence-corrected chi connectivity index (χ2v) is 9.13. The summed E-state index contributed by atoms with van der Waals surface area (Å²) in [6.07, 6.45) is 9.09. The van der Waals surface area contributed by atoms with Gasteiger partial charge in [-0.25, -0.2) is 4.79 Å². The lowest BCUT2D eigenvalue weighted by Crippen LogP contribution is -2.54. The molecule has 0 radical (unpaired) electrons. The summed E-state index contributed by atoms with van der Waals surface area (Å²) in [6, 6.07) is 11.8. The van der Waals surface area contributed by atoms with Crippen LogP contribution in [-0.4, -0.2) is 53.0 Å². The molecule has 162 valence electrons. The Hall–Kier alpha value is -2.86. The first-order valence-corrected chi connectivity index (χ1v) is 11.2. The maximum absolute atomic E-state index is 13.5. The van der Waals surface area contributed by atoms with Crippen LogP contribution in [0.3, 0.4) is 0 Å². The van der Waals surface area contributed by atoms with Crippen molar-refractivity contribution in [3.8, 4) is 0 Å². The molecule has 3 amide bonds. The predicted octanol–water partition coefficient (Wildman–Crippen LogP) is 3.48. The van der Waals surface area contributed by atoms with Crippen molar-refractivity contribution in [3.05, 3.63) is 65.6 Å². The average molecular weight is 420 g/mol. The number of benzene rings is 1. The zero-order valence-electron chi connectivity index (χ0n) is 17.9. The van der Waals surface area contributed by atoms with E-state index in [-0.39, 0.29) is 23.9 Å². The Balaban J connectivity index is 1.20. The van der Waals surface area contributed by atoms with Crippen LogP contribution in [0.25, 0.3) is 6.08 Å². The number of carbonyl (C=O) groups is 2. The van der Waals surface area contributed by atoms with Crippen molar-refractivity contribution in [2.45, 2.75) is 44.2 Å². The van der Waals surface area contributed by atoms with E-state index in [1.54, 1.807) is 6.26 Å².